The van der Waals surface area contributed by atoms with Gasteiger partial charge in [0, 0.05) is 0 Å². The van der Waals surface area contributed by atoms with E-state index in [0.29, 0.717) is 6.32 Å². The van der Waals surface area contributed by atoms with E-state index >= 15 is 0 Å². The summed E-state index contributed by atoms with van der Waals surface area (Å²) in [6, 6.07) is 3.85. The highest BCUT2D eigenvalue weighted by Gasteiger charge is 2.30. The van der Waals surface area contributed by atoms with Crippen molar-refractivity contribution >= 4 is 7.85 Å². The van der Waals surface area contributed by atoms with Crippen molar-refractivity contribution < 1.29 is 13.2 Å². The summed E-state index contributed by atoms with van der Waals surface area (Å²) < 4.78 is 36.7. The predicted molar refractivity (Wildman–Crippen MR) is 48.4 cm³/mol. The molecule has 0 atom stereocenters. The predicted octanol–water partition coefficient (Wildman–Crippen LogP) is 2.15. The highest BCUT2D eigenvalue weighted by molar-refractivity contribution is 6.08. The van der Waals surface area contributed by atoms with Crippen molar-refractivity contribution in [2.24, 2.45) is 0 Å². The Kier molecular flexibility index (Phi) is 2.69. The van der Waals surface area contributed by atoms with Crippen LogP contribution in [0.15, 0.2) is 18.2 Å². The van der Waals surface area contributed by atoms with Crippen LogP contribution in [-0.4, -0.2) is 7.85 Å². The number of hydrogen-bond donors (Lipinski definition) is 0. The Hall–Kier alpha value is -0.925. The number of halogens is 3. The fourth-order valence-corrected chi connectivity index (χ4v) is 1.23. The molecule has 13 heavy (non-hydrogen) atoms. The Morgan fingerprint density at radius 3 is 2.38 bits per heavy atom. The maximum Gasteiger partial charge on any atom is 0.416 e. The maximum absolute atomic E-state index is 12.2. The molecule has 0 spiro atoms. The molecular formula is C9H10BF3. The Morgan fingerprint density at radius 1 is 1.31 bits per heavy atom. The van der Waals surface area contributed by atoms with Gasteiger partial charge >= 0.3 is 6.18 Å². The van der Waals surface area contributed by atoms with Crippen LogP contribution in [-0.2, 0) is 12.5 Å². The second-order valence-corrected chi connectivity index (χ2v) is 2.99. The molecule has 0 bridgehead atoms. The van der Waals surface area contributed by atoms with Crippen LogP contribution in [0.5, 0.6) is 0 Å². The third kappa shape index (κ3) is 2.26. The number of rotatable bonds is 1. The van der Waals surface area contributed by atoms with Crippen molar-refractivity contribution in [1.82, 2.24) is 0 Å². The van der Waals surface area contributed by atoms with Crippen LogP contribution in [0.2, 0.25) is 0 Å². The minimum Gasteiger partial charge on any atom is -0.166 e. The molecule has 1 aromatic rings. The molecular weight excluding hydrogens is 176 g/mol. The fourth-order valence-electron chi connectivity index (χ4n) is 1.23. The van der Waals surface area contributed by atoms with Gasteiger partial charge in [-0.3, -0.25) is 0 Å². The maximum atomic E-state index is 12.2. The first-order chi connectivity index (χ1) is 5.95. The lowest BCUT2D eigenvalue weighted by atomic mass is 9.92. The number of aryl methyl sites for hydroxylation is 1. The molecule has 1 rings (SSSR count). The first-order valence-corrected chi connectivity index (χ1v) is 4.12. The highest BCUT2D eigenvalue weighted by atomic mass is 19.4. The molecule has 0 saturated carbocycles. The average molecular weight is 186 g/mol. The van der Waals surface area contributed by atoms with Crippen molar-refractivity contribution in [2.45, 2.75) is 19.4 Å². The summed E-state index contributed by atoms with van der Waals surface area (Å²) in [6.45, 7) is 1.82. The zero-order valence-corrected chi connectivity index (χ0v) is 7.57. The van der Waals surface area contributed by atoms with Crippen LogP contribution in [0.1, 0.15) is 16.7 Å². The molecule has 4 heteroatoms. The molecule has 0 saturated heterocycles. The molecule has 0 nitrogen and oxygen atoms in total. The van der Waals surface area contributed by atoms with Crippen LogP contribution in [0.4, 0.5) is 13.2 Å². The molecule has 0 N–H and O–H groups in total. The smallest absolute Gasteiger partial charge is 0.166 e. The lowest BCUT2D eigenvalue weighted by Gasteiger charge is -2.09. The lowest BCUT2D eigenvalue weighted by molar-refractivity contribution is -0.137. The van der Waals surface area contributed by atoms with Gasteiger partial charge in [-0.2, -0.15) is 13.2 Å². The van der Waals surface area contributed by atoms with Gasteiger partial charge in [0.1, 0.15) is 7.85 Å². The second kappa shape index (κ2) is 3.44. The molecule has 0 radical (unpaired) electrons. The van der Waals surface area contributed by atoms with E-state index in [0.717, 1.165) is 17.2 Å². The first-order valence-electron chi connectivity index (χ1n) is 4.12. The standard InChI is InChI=1S/C9H10BF3/c1-6-2-3-8(9(11,12)13)4-7(6)5-10/h2-4H,5,10H2,1H3. The SMILES string of the molecule is BCc1cc(C(F)(F)F)ccc1C. The molecule has 0 unspecified atom stereocenters. The van der Waals surface area contributed by atoms with Crippen LogP contribution >= 0.6 is 0 Å². The third-order valence-electron chi connectivity index (χ3n) is 2.06. The van der Waals surface area contributed by atoms with Crippen molar-refractivity contribution in [3.05, 3.63) is 34.9 Å². The van der Waals surface area contributed by atoms with Crippen molar-refractivity contribution in [1.29, 1.82) is 0 Å². The molecule has 0 aliphatic carbocycles. The Balaban J connectivity index is 3.14. The average Bonchev–Trinajstić information content (AvgIpc) is 2.03. The van der Waals surface area contributed by atoms with E-state index in [9.17, 15) is 13.2 Å². The van der Waals surface area contributed by atoms with Gasteiger partial charge in [0.25, 0.3) is 0 Å². The Labute approximate surface area is 76.2 Å². The van der Waals surface area contributed by atoms with Gasteiger partial charge in [0.05, 0.1) is 5.56 Å². The van der Waals surface area contributed by atoms with Gasteiger partial charge in [0.2, 0.25) is 0 Å². The zero-order valence-electron chi connectivity index (χ0n) is 7.57. The number of alkyl halides is 3. The molecule has 0 heterocycles. The summed E-state index contributed by atoms with van der Waals surface area (Å²) in [5, 5.41) is 0. The molecule has 0 aromatic heterocycles. The van der Waals surface area contributed by atoms with Crippen molar-refractivity contribution in [2.75, 3.05) is 0 Å². The summed E-state index contributed by atoms with van der Waals surface area (Å²) in [4.78, 5) is 0. The largest absolute Gasteiger partial charge is 0.416 e. The molecule has 0 aliphatic rings. The number of benzene rings is 1. The molecule has 70 valence electrons. The van der Waals surface area contributed by atoms with Crippen LogP contribution in [0.3, 0.4) is 0 Å². The van der Waals surface area contributed by atoms with Crippen LogP contribution in [0.25, 0.3) is 0 Å². The molecule has 1 aromatic carbocycles. The molecule has 0 fully saturated rings. The minimum absolute atomic E-state index is 0.560. The van der Waals surface area contributed by atoms with Gasteiger partial charge < -0.3 is 0 Å². The van der Waals surface area contributed by atoms with Gasteiger partial charge in [-0.25, -0.2) is 0 Å². The van der Waals surface area contributed by atoms with Gasteiger partial charge in [-0.05, 0) is 24.6 Å². The van der Waals surface area contributed by atoms with Crippen LogP contribution in [0, 0.1) is 6.92 Å². The summed E-state index contributed by atoms with van der Waals surface area (Å²) in [5.74, 6) is 0. The second-order valence-electron chi connectivity index (χ2n) is 2.99. The van der Waals surface area contributed by atoms with E-state index < -0.39 is 11.7 Å². The Morgan fingerprint density at radius 2 is 1.92 bits per heavy atom. The van der Waals surface area contributed by atoms with E-state index in [4.69, 9.17) is 0 Å². The van der Waals surface area contributed by atoms with Gasteiger partial charge in [-0.15, -0.1) is 0 Å². The highest BCUT2D eigenvalue weighted by Crippen LogP contribution is 2.30. The summed E-state index contributed by atoms with van der Waals surface area (Å²) >= 11 is 0. The normalized spacial score (nSPS) is 11.7. The summed E-state index contributed by atoms with van der Waals surface area (Å²) in [6.07, 6.45) is -3.59. The molecule has 0 amide bonds. The topological polar surface area (TPSA) is 0 Å². The van der Waals surface area contributed by atoms with Gasteiger partial charge in [0.15, 0.2) is 0 Å². The molecule has 0 aliphatic heterocycles. The summed E-state index contributed by atoms with van der Waals surface area (Å²) in [5.41, 5.74) is 1.11. The third-order valence-corrected chi connectivity index (χ3v) is 2.06. The summed E-state index contributed by atoms with van der Waals surface area (Å²) in [7, 11) is 1.85. The fraction of sp³-hybridized carbons (Fsp3) is 0.333. The van der Waals surface area contributed by atoms with Crippen molar-refractivity contribution in [3.8, 4) is 0 Å². The Bertz CT molecular complexity index is 304. The van der Waals surface area contributed by atoms with Gasteiger partial charge in [-0.1, -0.05) is 17.9 Å². The first kappa shape index (κ1) is 10.2. The van der Waals surface area contributed by atoms with Crippen LogP contribution < -0.4 is 0 Å². The van der Waals surface area contributed by atoms with E-state index in [-0.39, 0.29) is 0 Å². The van der Waals surface area contributed by atoms with E-state index in [1.807, 2.05) is 14.8 Å². The zero-order chi connectivity index (χ0) is 10.1. The van der Waals surface area contributed by atoms with E-state index in [1.165, 1.54) is 12.1 Å². The van der Waals surface area contributed by atoms with Crippen molar-refractivity contribution in [3.63, 3.8) is 0 Å². The number of hydrogen-bond acceptors (Lipinski definition) is 0. The van der Waals surface area contributed by atoms with E-state index in [1.54, 1.807) is 0 Å². The minimum atomic E-state index is -4.22. The van der Waals surface area contributed by atoms with E-state index in [2.05, 4.69) is 0 Å². The monoisotopic (exact) mass is 186 g/mol. The quantitative estimate of drug-likeness (QED) is 0.589. The lowest BCUT2D eigenvalue weighted by Crippen LogP contribution is -2.06.